The summed E-state index contributed by atoms with van der Waals surface area (Å²) in [6.45, 7) is -0.687. The van der Waals surface area contributed by atoms with Crippen LogP contribution in [-0.2, 0) is 16.8 Å². The Morgan fingerprint density at radius 1 is 1.00 bits per heavy atom. The Morgan fingerprint density at radius 3 is 2.25 bits per heavy atom. The summed E-state index contributed by atoms with van der Waals surface area (Å²) >= 11 is 6.08. The van der Waals surface area contributed by atoms with E-state index in [1.807, 2.05) is 24.3 Å². The van der Waals surface area contributed by atoms with Gasteiger partial charge >= 0.3 is 0 Å². The third-order valence-electron chi connectivity index (χ3n) is 5.74. The lowest BCUT2D eigenvalue weighted by Crippen LogP contribution is -2.63. The summed E-state index contributed by atoms with van der Waals surface area (Å²) in [5.74, 6) is 0.700. The molecule has 1 fully saturated rings. The number of aliphatic hydroxyl groups excluding tert-OH is 4. The number of halogens is 1. The van der Waals surface area contributed by atoms with Gasteiger partial charge in [-0.15, -0.1) is 0 Å². The van der Waals surface area contributed by atoms with E-state index in [9.17, 15) is 30.6 Å². The molecule has 2 aromatic rings. The Labute approximate surface area is 191 Å². The molecule has 0 aliphatic carbocycles. The van der Waals surface area contributed by atoms with Crippen LogP contribution in [0.15, 0.2) is 48.5 Å². The minimum Gasteiger partial charge on any atom is -0.488 e. The van der Waals surface area contributed by atoms with Gasteiger partial charge in [0, 0.05) is 6.42 Å². The molecule has 0 spiro atoms. The molecule has 0 amide bonds. The molecule has 8 nitrogen and oxygen atoms in total. The Morgan fingerprint density at radius 2 is 1.66 bits per heavy atom. The lowest BCUT2D eigenvalue weighted by atomic mass is 9.77. The summed E-state index contributed by atoms with van der Waals surface area (Å²) in [7, 11) is 0. The van der Waals surface area contributed by atoms with Crippen LogP contribution < -0.4 is 4.74 Å². The van der Waals surface area contributed by atoms with Crippen molar-refractivity contribution < 1.29 is 40.1 Å². The Kier molecular flexibility index (Phi) is 8.13. The van der Waals surface area contributed by atoms with Gasteiger partial charge in [0.25, 0.3) is 0 Å². The van der Waals surface area contributed by atoms with E-state index < -0.39 is 36.1 Å². The van der Waals surface area contributed by atoms with E-state index in [4.69, 9.17) is 21.1 Å². The zero-order valence-corrected chi connectivity index (χ0v) is 18.2. The molecular weight excluding hydrogens is 440 g/mol. The number of aliphatic hydroxyl groups is 6. The lowest BCUT2D eigenvalue weighted by Gasteiger charge is -2.44. The van der Waals surface area contributed by atoms with Gasteiger partial charge in [0.05, 0.1) is 26.4 Å². The number of ether oxygens (including phenoxy) is 2. The quantitative estimate of drug-likeness (QED) is 0.273. The molecule has 0 unspecified atom stereocenters. The van der Waals surface area contributed by atoms with E-state index in [0.29, 0.717) is 24.5 Å². The second kappa shape index (κ2) is 10.5. The fourth-order valence-electron chi connectivity index (χ4n) is 3.86. The third-order valence-corrected chi connectivity index (χ3v) is 6.28. The van der Waals surface area contributed by atoms with Gasteiger partial charge in [0.2, 0.25) is 5.06 Å². The summed E-state index contributed by atoms with van der Waals surface area (Å²) in [6.07, 6.45) is -2.81. The van der Waals surface area contributed by atoms with Gasteiger partial charge in [-0.05, 0) is 35.2 Å². The lowest BCUT2D eigenvalue weighted by molar-refractivity contribution is -0.218. The number of alkyl halides is 1. The zero-order chi connectivity index (χ0) is 23.4. The summed E-state index contributed by atoms with van der Waals surface area (Å²) in [5.41, 5.74) is -1.35. The fraction of sp³-hybridized carbons (Fsp3) is 0.478. The van der Waals surface area contributed by atoms with Crippen molar-refractivity contribution >= 4 is 11.6 Å². The maximum absolute atomic E-state index is 11.3. The highest BCUT2D eigenvalue weighted by atomic mass is 35.5. The average molecular weight is 469 g/mol. The number of rotatable bonds is 10. The molecule has 1 heterocycles. The van der Waals surface area contributed by atoms with Crippen molar-refractivity contribution in [3.05, 3.63) is 65.2 Å². The summed E-state index contributed by atoms with van der Waals surface area (Å²) in [5, 5.41) is 58.5. The first-order chi connectivity index (χ1) is 15.2. The highest BCUT2D eigenvalue weighted by Gasteiger charge is 2.58. The van der Waals surface area contributed by atoms with Crippen molar-refractivity contribution in [1.82, 2.24) is 0 Å². The van der Waals surface area contributed by atoms with E-state index >= 15 is 0 Å². The first kappa shape index (κ1) is 24.9. The van der Waals surface area contributed by atoms with Gasteiger partial charge < -0.3 is 40.1 Å². The predicted molar refractivity (Wildman–Crippen MR) is 116 cm³/mol. The summed E-state index contributed by atoms with van der Waals surface area (Å²) in [4.78, 5) is 0. The molecule has 3 rings (SSSR count). The average Bonchev–Trinajstić information content (AvgIpc) is 3.32. The van der Waals surface area contributed by atoms with E-state index in [1.165, 1.54) is 6.07 Å². The van der Waals surface area contributed by atoms with Crippen LogP contribution in [0.5, 0.6) is 5.75 Å². The zero-order valence-electron chi connectivity index (χ0n) is 17.5. The van der Waals surface area contributed by atoms with Crippen LogP contribution >= 0.6 is 11.6 Å². The second-order valence-corrected chi connectivity index (χ2v) is 8.49. The molecule has 5 atom stereocenters. The second-order valence-electron chi connectivity index (χ2n) is 7.92. The predicted octanol–water partition coefficient (Wildman–Crippen LogP) is 0.267. The molecule has 1 saturated heterocycles. The Hall–Kier alpha value is -1.75. The maximum Gasteiger partial charge on any atom is 0.202 e. The van der Waals surface area contributed by atoms with Crippen molar-refractivity contribution in [2.75, 3.05) is 26.4 Å². The number of benzene rings is 2. The Bertz CT molecular complexity index is 869. The van der Waals surface area contributed by atoms with E-state index in [1.54, 1.807) is 18.2 Å². The van der Waals surface area contributed by atoms with E-state index in [2.05, 4.69) is 0 Å². The normalized spacial score (nSPS) is 22.0. The summed E-state index contributed by atoms with van der Waals surface area (Å²) < 4.78 is 11.2. The minimum atomic E-state index is -2.89. The van der Waals surface area contributed by atoms with Gasteiger partial charge in [-0.2, -0.15) is 0 Å². The summed E-state index contributed by atoms with van der Waals surface area (Å²) in [6, 6.07) is 13.7. The van der Waals surface area contributed by atoms with Crippen molar-refractivity contribution in [1.29, 1.82) is 0 Å². The third kappa shape index (κ3) is 4.93. The smallest absolute Gasteiger partial charge is 0.202 e. The first-order valence-corrected chi connectivity index (χ1v) is 10.7. The van der Waals surface area contributed by atoms with Gasteiger partial charge in [-0.1, -0.05) is 48.0 Å². The van der Waals surface area contributed by atoms with Gasteiger partial charge in [0.15, 0.2) is 5.60 Å². The van der Waals surface area contributed by atoms with E-state index in [0.717, 1.165) is 12.0 Å². The van der Waals surface area contributed by atoms with Crippen LogP contribution in [-0.4, -0.2) is 80.4 Å². The van der Waals surface area contributed by atoms with Gasteiger partial charge in [-0.3, -0.25) is 0 Å². The van der Waals surface area contributed by atoms with Crippen LogP contribution in [0.3, 0.4) is 0 Å². The molecular formula is C23H29ClO8. The van der Waals surface area contributed by atoms with Crippen LogP contribution in [0.25, 0.3) is 0 Å². The minimum absolute atomic E-state index is 0.00924. The molecule has 32 heavy (non-hydrogen) atoms. The highest BCUT2D eigenvalue weighted by Crippen LogP contribution is 2.43. The maximum atomic E-state index is 11.3. The van der Waals surface area contributed by atoms with Crippen LogP contribution in [0, 0.1) is 0 Å². The standard InChI is InChI=1S/C23H29ClO8/c24-23(30,21(28)13-26)22(29,20(27)12-25)19-4-2-1-3-16(19)11-15-5-7-17(8-6-15)32-18-9-10-31-14-18/h1-8,18,20-21,25-30H,9-14H2/t18-,20-,21+,22+,23+/m0/s1. The van der Waals surface area contributed by atoms with Crippen LogP contribution in [0.4, 0.5) is 0 Å². The molecule has 0 saturated carbocycles. The molecule has 2 aromatic carbocycles. The van der Waals surface area contributed by atoms with Gasteiger partial charge in [0.1, 0.15) is 24.1 Å². The van der Waals surface area contributed by atoms with Crippen LogP contribution in [0.2, 0.25) is 0 Å². The van der Waals surface area contributed by atoms with Crippen molar-refractivity contribution in [2.45, 2.75) is 41.8 Å². The Balaban J connectivity index is 1.91. The topological polar surface area (TPSA) is 140 Å². The number of hydrogen-bond donors (Lipinski definition) is 6. The molecule has 6 N–H and O–H groups in total. The number of hydrogen-bond acceptors (Lipinski definition) is 8. The SMILES string of the molecule is OC[C@@H](O)[C@](O)(Cl)[C@@](O)(c1ccccc1Cc1ccc(O[C@H]2CCOC2)cc1)[C@@H](O)CO. The molecule has 9 heteroatoms. The largest absolute Gasteiger partial charge is 0.488 e. The van der Waals surface area contributed by atoms with Crippen molar-refractivity contribution in [3.63, 3.8) is 0 Å². The molecule has 176 valence electrons. The van der Waals surface area contributed by atoms with Gasteiger partial charge in [-0.25, -0.2) is 0 Å². The highest BCUT2D eigenvalue weighted by molar-refractivity contribution is 6.24. The van der Waals surface area contributed by atoms with Crippen molar-refractivity contribution in [3.8, 4) is 5.75 Å². The molecule has 0 bridgehead atoms. The van der Waals surface area contributed by atoms with Crippen molar-refractivity contribution in [2.24, 2.45) is 0 Å². The molecule has 0 radical (unpaired) electrons. The molecule has 0 aromatic heterocycles. The molecule has 1 aliphatic heterocycles. The van der Waals surface area contributed by atoms with Crippen LogP contribution in [0.1, 0.15) is 23.1 Å². The van der Waals surface area contributed by atoms with E-state index in [-0.39, 0.29) is 18.1 Å². The monoisotopic (exact) mass is 468 g/mol. The fourth-order valence-corrected chi connectivity index (χ4v) is 4.16. The molecule has 1 aliphatic rings. The first-order valence-electron chi connectivity index (χ1n) is 10.4.